The lowest BCUT2D eigenvalue weighted by Crippen LogP contribution is -2.24. The van der Waals surface area contributed by atoms with Crippen molar-refractivity contribution < 1.29 is 23.5 Å². The van der Waals surface area contributed by atoms with Crippen molar-refractivity contribution in [2.45, 2.75) is 12.8 Å². The number of halogens is 1. The van der Waals surface area contributed by atoms with E-state index in [9.17, 15) is 14.4 Å². The molecule has 1 aromatic heterocycles. The predicted octanol–water partition coefficient (Wildman–Crippen LogP) is 4.01. The summed E-state index contributed by atoms with van der Waals surface area (Å²) in [5.74, 6) is -1.19. The molecular weight excluding hydrogens is 396 g/mol. The highest BCUT2D eigenvalue weighted by Gasteiger charge is 2.22. The van der Waals surface area contributed by atoms with E-state index in [4.69, 9.17) is 20.8 Å². The summed E-state index contributed by atoms with van der Waals surface area (Å²) in [6.07, 6.45) is 1.35. The zero-order valence-electron chi connectivity index (χ0n) is 15.3. The average molecular weight is 413 g/mol. The summed E-state index contributed by atoms with van der Waals surface area (Å²) >= 11 is 5.92. The van der Waals surface area contributed by atoms with Gasteiger partial charge in [0.2, 0.25) is 11.7 Å². The van der Waals surface area contributed by atoms with E-state index in [1.54, 1.807) is 41.3 Å². The molecule has 2 heterocycles. The molecule has 2 amide bonds. The molecule has 1 aliphatic rings. The lowest BCUT2D eigenvalue weighted by molar-refractivity contribution is -0.119. The zero-order chi connectivity index (χ0) is 20.4. The Kier molecular flexibility index (Phi) is 5.22. The van der Waals surface area contributed by atoms with Gasteiger partial charge in [0.25, 0.3) is 5.91 Å². The maximum absolute atomic E-state index is 12.1. The molecule has 0 unspecified atom stereocenters. The fourth-order valence-electron chi connectivity index (χ4n) is 3.19. The Morgan fingerprint density at radius 3 is 2.83 bits per heavy atom. The SMILES string of the molecule is O=C(COC(=O)c1cc2cc(Cl)ccc2o1)Nc1cccc(N2CCCC2=O)c1. The van der Waals surface area contributed by atoms with Crippen molar-refractivity contribution in [3.8, 4) is 0 Å². The highest BCUT2D eigenvalue weighted by atomic mass is 35.5. The number of hydrogen-bond acceptors (Lipinski definition) is 5. The van der Waals surface area contributed by atoms with E-state index in [-0.39, 0.29) is 11.7 Å². The number of carbonyl (C=O) groups is 3. The number of fused-ring (bicyclic) bond motifs is 1. The van der Waals surface area contributed by atoms with Gasteiger partial charge in [-0.05, 0) is 48.9 Å². The topological polar surface area (TPSA) is 88.8 Å². The second kappa shape index (κ2) is 7.97. The number of benzene rings is 2. The fourth-order valence-corrected chi connectivity index (χ4v) is 3.37. The van der Waals surface area contributed by atoms with E-state index >= 15 is 0 Å². The van der Waals surface area contributed by atoms with Crippen LogP contribution in [0, 0.1) is 0 Å². The number of amides is 2. The van der Waals surface area contributed by atoms with Crippen LogP contribution in [0.3, 0.4) is 0 Å². The first kappa shape index (κ1) is 19.0. The number of hydrogen-bond donors (Lipinski definition) is 1. The van der Waals surface area contributed by atoms with E-state index in [1.165, 1.54) is 6.07 Å². The van der Waals surface area contributed by atoms with Gasteiger partial charge in [-0.3, -0.25) is 9.59 Å². The molecule has 3 aromatic rings. The van der Waals surface area contributed by atoms with Crippen LogP contribution in [-0.2, 0) is 14.3 Å². The number of carbonyl (C=O) groups excluding carboxylic acids is 3. The highest BCUT2D eigenvalue weighted by molar-refractivity contribution is 6.31. The zero-order valence-corrected chi connectivity index (χ0v) is 16.1. The molecule has 1 aliphatic heterocycles. The minimum absolute atomic E-state index is 0.00962. The Bertz CT molecular complexity index is 1110. The number of ether oxygens (including phenoxy) is 1. The Morgan fingerprint density at radius 1 is 1.17 bits per heavy atom. The minimum atomic E-state index is -0.746. The monoisotopic (exact) mass is 412 g/mol. The second-order valence-corrected chi connectivity index (χ2v) is 7.05. The number of nitrogens with one attached hydrogen (secondary N) is 1. The molecule has 148 valence electrons. The molecule has 0 saturated carbocycles. The van der Waals surface area contributed by atoms with Gasteiger partial charge in [-0.1, -0.05) is 17.7 Å². The third-order valence-electron chi connectivity index (χ3n) is 4.53. The van der Waals surface area contributed by atoms with Crippen LogP contribution in [0.5, 0.6) is 0 Å². The normalized spacial score (nSPS) is 13.7. The smallest absolute Gasteiger partial charge is 0.374 e. The number of anilines is 2. The number of rotatable bonds is 5. The van der Waals surface area contributed by atoms with Crippen LogP contribution in [0.25, 0.3) is 11.0 Å². The summed E-state index contributed by atoms with van der Waals surface area (Å²) < 4.78 is 10.4. The van der Waals surface area contributed by atoms with Gasteiger partial charge in [0, 0.05) is 34.7 Å². The standard InChI is InChI=1S/C21H17ClN2O5/c22-14-6-7-17-13(9-14)10-18(29-17)21(27)28-12-19(25)23-15-3-1-4-16(11-15)24-8-2-5-20(24)26/h1,3-4,6-7,9-11H,2,5,8,12H2,(H,23,25). The van der Waals surface area contributed by atoms with Crippen molar-refractivity contribution in [2.24, 2.45) is 0 Å². The van der Waals surface area contributed by atoms with Crippen LogP contribution >= 0.6 is 11.6 Å². The van der Waals surface area contributed by atoms with E-state index in [0.717, 1.165) is 12.1 Å². The molecule has 1 fully saturated rings. The number of furan rings is 1. The molecular formula is C21H17ClN2O5. The quantitative estimate of drug-likeness (QED) is 0.639. The van der Waals surface area contributed by atoms with Crippen molar-refractivity contribution in [1.29, 1.82) is 0 Å². The van der Waals surface area contributed by atoms with Crippen LogP contribution in [0.4, 0.5) is 11.4 Å². The Labute approximate surface area is 171 Å². The van der Waals surface area contributed by atoms with Crippen molar-refractivity contribution in [2.75, 3.05) is 23.4 Å². The van der Waals surface area contributed by atoms with Gasteiger partial charge in [-0.15, -0.1) is 0 Å². The van der Waals surface area contributed by atoms with Crippen LogP contribution < -0.4 is 10.2 Å². The largest absolute Gasteiger partial charge is 0.450 e. The van der Waals surface area contributed by atoms with Crippen molar-refractivity contribution in [1.82, 2.24) is 0 Å². The summed E-state index contributed by atoms with van der Waals surface area (Å²) in [4.78, 5) is 37.8. The third kappa shape index (κ3) is 4.25. The average Bonchev–Trinajstić information content (AvgIpc) is 3.32. The molecule has 0 spiro atoms. The first-order valence-corrected chi connectivity index (χ1v) is 9.44. The van der Waals surface area contributed by atoms with Gasteiger partial charge in [0.05, 0.1) is 0 Å². The predicted molar refractivity (Wildman–Crippen MR) is 108 cm³/mol. The molecule has 29 heavy (non-hydrogen) atoms. The van der Waals surface area contributed by atoms with Gasteiger partial charge >= 0.3 is 5.97 Å². The summed E-state index contributed by atoms with van der Waals surface area (Å²) in [5.41, 5.74) is 1.74. The molecule has 0 aliphatic carbocycles. The van der Waals surface area contributed by atoms with Crippen LogP contribution in [0.15, 0.2) is 52.9 Å². The summed E-state index contributed by atoms with van der Waals surface area (Å²) in [5, 5.41) is 3.85. The second-order valence-electron chi connectivity index (χ2n) is 6.62. The molecule has 1 saturated heterocycles. The highest BCUT2D eigenvalue weighted by Crippen LogP contribution is 2.25. The van der Waals surface area contributed by atoms with E-state index in [2.05, 4.69) is 5.32 Å². The first-order chi connectivity index (χ1) is 14.0. The van der Waals surface area contributed by atoms with Crippen LogP contribution in [-0.4, -0.2) is 30.9 Å². The fraction of sp³-hybridized carbons (Fsp3) is 0.190. The molecule has 2 aromatic carbocycles. The number of esters is 1. The maximum Gasteiger partial charge on any atom is 0.374 e. The van der Waals surface area contributed by atoms with Crippen molar-refractivity contribution >= 4 is 51.7 Å². The van der Waals surface area contributed by atoms with E-state index in [0.29, 0.717) is 34.6 Å². The maximum atomic E-state index is 12.1. The van der Waals surface area contributed by atoms with Gasteiger partial charge in [-0.2, -0.15) is 0 Å². The molecule has 1 N–H and O–H groups in total. The molecule has 8 heteroatoms. The lowest BCUT2D eigenvalue weighted by atomic mass is 10.2. The first-order valence-electron chi connectivity index (χ1n) is 9.06. The molecule has 0 radical (unpaired) electrons. The van der Waals surface area contributed by atoms with Crippen LogP contribution in [0.1, 0.15) is 23.4 Å². The lowest BCUT2D eigenvalue weighted by Gasteiger charge is -2.16. The van der Waals surface area contributed by atoms with Crippen molar-refractivity contribution in [3.63, 3.8) is 0 Å². The molecule has 7 nitrogen and oxygen atoms in total. The molecule has 0 atom stereocenters. The van der Waals surface area contributed by atoms with Gasteiger partial charge in [0.15, 0.2) is 6.61 Å². The van der Waals surface area contributed by atoms with Gasteiger partial charge in [0.1, 0.15) is 5.58 Å². The molecule has 0 bridgehead atoms. The van der Waals surface area contributed by atoms with E-state index in [1.807, 2.05) is 6.07 Å². The summed E-state index contributed by atoms with van der Waals surface area (Å²) in [7, 11) is 0. The Morgan fingerprint density at radius 2 is 2.03 bits per heavy atom. The van der Waals surface area contributed by atoms with Gasteiger partial charge < -0.3 is 19.4 Å². The Balaban J connectivity index is 1.36. The molecule has 4 rings (SSSR count). The van der Waals surface area contributed by atoms with E-state index < -0.39 is 18.5 Å². The summed E-state index contributed by atoms with van der Waals surface area (Å²) in [6.45, 7) is 0.195. The Hall–Kier alpha value is -3.32. The van der Waals surface area contributed by atoms with Crippen LogP contribution in [0.2, 0.25) is 5.02 Å². The van der Waals surface area contributed by atoms with Gasteiger partial charge in [-0.25, -0.2) is 4.79 Å². The number of nitrogens with zero attached hydrogens (tertiary/aromatic N) is 1. The minimum Gasteiger partial charge on any atom is -0.450 e. The third-order valence-corrected chi connectivity index (χ3v) is 4.76. The van der Waals surface area contributed by atoms with Crippen molar-refractivity contribution in [3.05, 3.63) is 59.3 Å². The summed E-state index contributed by atoms with van der Waals surface area (Å²) in [6, 6.07) is 13.5.